The van der Waals surface area contributed by atoms with E-state index >= 15 is 0 Å². The Bertz CT molecular complexity index is 632. The van der Waals surface area contributed by atoms with Gasteiger partial charge in [0, 0.05) is 36.6 Å². The molecule has 2 N–H and O–H groups in total. The summed E-state index contributed by atoms with van der Waals surface area (Å²) in [5.74, 6) is 0.712. The first-order valence-corrected chi connectivity index (χ1v) is 9.66. The maximum atomic E-state index is 11.8. The zero-order valence-corrected chi connectivity index (χ0v) is 19.9. The molecule has 1 unspecified atom stereocenters. The van der Waals surface area contributed by atoms with E-state index in [0.717, 1.165) is 17.4 Å². The van der Waals surface area contributed by atoms with Gasteiger partial charge in [0.25, 0.3) is 0 Å². The van der Waals surface area contributed by atoms with E-state index in [-0.39, 0.29) is 41.8 Å². The topological polar surface area (TPSA) is 56.7 Å². The maximum Gasteiger partial charge on any atom is 0.243 e. The van der Waals surface area contributed by atoms with E-state index in [1.54, 1.807) is 19.0 Å². The second kappa shape index (κ2) is 10.5. The molecule has 2 rings (SSSR count). The molecule has 0 aliphatic heterocycles. The number of carbonyl (C=O) groups excluding carboxylic acids is 1. The second-order valence-electron chi connectivity index (χ2n) is 7.05. The summed E-state index contributed by atoms with van der Waals surface area (Å²) in [6.45, 7) is 5.22. The largest absolute Gasteiger partial charge is 0.355 e. The van der Waals surface area contributed by atoms with Gasteiger partial charge in [0.1, 0.15) is 6.54 Å². The molecule has 7 heteroatoms. The number of nitrogens with one attached hydrogen (secondary N) is 2. The predicted molar refractivity (Wildman–Crippen MR) is 122 cm³/mol. The number of hydrogen-bond donors (Lipinski definition) is 2. The van der Waals surface area contributed by atoms with Gasteiger partial charge in [0.2, 0.25) is 5.91 Å². The lowest BCUT2D eigenvalue weighted by molar-refractivity contribution is -0.127. The molecule has 1 amide bonds. The van der Waals surface area contributed by atoms with Gasteiger partial charge in [-0.15, -0.1) is 24.0 Å². The van der Waals surface area contributed by atoms with Crippen molar-refractivity contribution < 1.29 is 4.79 Å². The Hall–Kier alpha value is -0.830. The van der Waals surface area contributed by atoms with E-state index in [0.29, 0.717) is 12.0 Å². The number of nitrogens with zero attached hydrogens (tertiary/aromatic N) is 2. The Morgan fingerprint density at radius 1 is 1.38 bits per heavy atom. The molecule has 1 atom stereocenters. The van der Waals surface area contributed by atoms with E-state index in [4.69, 9.17) is 0 Å². The predicted octanol–water partition coefficient (Wildman–Crippen LogP) is 3.52. The summed E-state index contributed by atoms with van der Waals surface area (Å²) < 4.78 is 1.11. The molecule has 1 aliphatic rings. The smallest absolute Gasteiger partial charge is 0.243 e. The molecule has 1 saturated carbocycles. The summed E-state index contributed by atoms with van der Waals surface area (Å²) in [6.07, 6.45) is 3.34. The number of hydrogen-bond acceptors (Lipinski definition) is 2. The number of rotatable bonds is 7. The van der Waals surface area contributed by atoms with Crippen molar-refractivity contribution in [3.8, 4) is 0 Å². The van der Waals surface area contributed by atoms with Crippen LogP contribution >= 0.6 is 39.9 Å². The highest BCUT2D eigenvalue weighted by molar-refractivity contribution is 14.0. The lowest BCUT2D eigenvalue weighted by Crippen LogP contribution is -2.45. The molecule has 0 bridgehead atoms. The molecule has 26 heavy (non-hydrogen) atoms. The van der Waals surface area contributed by atoms with Gasteiger partial charge in [-0.05, 0) is 43.9 Å². The standard InChI is InChI=1S/C19H29BrN4O.HI/c1-5-14(2)23-18(21-12-17(25)24(3)4)22-13-19(9-10-19)15-7-6-8-16(20)11-15;/h6-8,11,14H,5,9-10,12-13H2,1-4H3,(H2,21,22,23);1H. The number of halogens is 2. The normalized spacial score (nSPS) is 16.3. The van der Waals surface area contributed by atoms with Gasteiger partial charge in [-0.2, -0.15) is 0 Å². The average molecular weight is 537 g/mol. The monoisotopic (exact) mass is 536 g/mol. The first-order chi connectivity index (χ1) is 11.9. The number of carbonyl (C=O) groups is 1. The van der Waals surface area contributed by atoms with Crippen LogP contribution in [0.25, 0.3) is 0 Å². The third-order valence-corrected chi connectivity index (χ3v) is 5.24. The highest BCUT2D eigenvalue weighted by atomic mass is 127. The van der Waals surface area contributed by atoms with E-state index in [2.05, 4.69) is 69.7 Å². The average Bonchev–Trinajstić information content (AvgIpc) is 3.37. The SMILES string of the molecule is CCC(C)NC(=NCC(=O)N(C)C)NCC1(c2cccc(Br)c2)CC1.I. The molecule has 5 nitrogen and oxygen atoms in total. The van der Waals surface area contributed by atoms with Gasteiger partial charge < -0.3 is 15.5 Å². The lowest BCUT2D eigenvalue weighted by Gasteiger charge is -2.22. The molecule has 0 spiro atoms. The number of guanidine groups is 1. The Morgan fingerprint density at radius 2 is 2.08 bits per heavy atom. The number of benzene rings is 1. The number of likely N-dealkylation sites (N-methyl/N-ethyl adjacent to an activating group) is 1. The van der Waals surface area contributed by atoms with Gasteiger partial charge in [-0.25, -0.2) is 4.99 Å². The van der Waals surface area contributed by atoms with E-state index in [1.807, 2.05) is 0 Å². The summed E-state index contributed by atoms with van der Waals surface area (Å²) in [4.78, 5) is 17.9. The van der Waals surface area contributed by atoms with Crippen molar-refractivity contribution in [2.75, 3.05) is 27.2 Å². The molecular formula is C19H30BrIN4O. The van der Waals surface area contributed by atoms with Crippen LogP contribution in [0.3, 0.4) is 0 Å². The van der Waals surface area contributed by atoms with E-state index in [9.17, 15) is 4.79 Å². The fourth-order valence-corrected chi connectivity index (χ4v) is 2.97. The van der Waals surface area contributed by atoms with Crippen molar-refractivity contribution in [2.45, 2.75) is 44.6 Å². The minimum absolute atomic E-state index is 0. The van der Waals surface area contributed by atoms with Crippen LogP contribution in [0.4, 0.5) is 0 Å². The van der Waals surface area contributed by atoms with Gasteiger partial charge in [-0.1, -0.05) is 35.0 Å². The quantitative estimate of drug-likeness (QED) is 0.318. The molecule has 0 radical (unpaired) electrons. The molecule has 0 heterocycles. The summed E-state index contributed by atoms with van der Waals surface area (Å²) in [7, 11) is 3.50. The fraction of sp³-hybridized carbons (Fsp3) is 0.579. The van der Waals surface area contributed by atoms with Crippen LogP contribution in [-0.4, -0.2) is 50.0 Å². The lowest BCUT2D eigenvalue weighted by atomic mass is 9.96. The third-order valence-electron chi connectivity index (χ3n) is 4.75. The highest BCUT2D eigenvalue weighted by Crippen LogP contribution is 2.48. The van der Waals surface area contributed by atoms with Crippen molar-refractivity contribution in [2.24, 2.45) is 4.99 Å². The van der Waals surface area contributed by atoms with Crippen LogP contribution in [0.2, 0.25) is 0 Å². The van der Waals surface area contributed by atoms with Gasteiger partial charge >= 0.3 is 0 Å². The first-order valence-electron chi connectivity index (χ1n) is 8.87. The van der Waals surface area contributed by atoms with Crippen LogP contribution < -0.4 is 10.6 Å². The maximum absolute atomic E-state index is 11.8. The van der Waals surface area contributed by atoms with Crippen LogP contribution in [0.1, 0.15) is 38.7 Å². The number of amides is 1. The third kappa shape index (κ3) is 6.72. The van der Waals surface area contributed by atoms with Gasteiger partial charge in [-0.3, -0.25) is 4.79 Å². The zero-order chi connectivity index (χ0) is 18.4. The van der Waals surface area contributed by atoms with Gasteiger partial charge in [0.05, 0.1) is 0 Å². The zero-order valence-electron chi connectivity index (χ0n) is 16.0. The Balaban J connectivity index is 0.00000338. The van der Waals surface area contributed by atoms with E-state index < -0.39 is 0 Å². The molecule has 1 aromatic carbocycles. The summed E-state index contributed by atoms with van der Waals surface area (Å²) in [5, 5.41) is 6.84. The Labute approximate surface area is 182 Å². The molecule has 0 saturated heterocycles. The minimum atomic E-state index is -0.00150. The second-order valence-corrected chi connectivity index (χ2v) is 7.97. The van der Waals surface area contributed by atoms with Crippen molar-refractivity contribution in [1.82, 2.24) is 15.5 Å². The summed E-state index contributed by atoms with van der Waals surface area (Å²) >= 11 is 3.56. The summed E-state index contributed by atoms with van der Waals surface area (Å²) in [6, 6.07) is 8.83. The van der Waals surface area contributed by atoms with Crippen molar-refractivity contribution in [3.05, 3.63) is 34.3 Å². The van der Waals surface area contributed by atoms with Crippen LogP contribution in [-0.2, 0) is 10.2 Å². The fourth-order valence-electron chi connectivity index (χ4n) is 2.57. The van der Waals surface area contributed by atoms with Crippen molar-refractivity contribution in [3.63, 3.8) is 0 Å². The summed E-state index contributed by atoms with van der Waals surface area (Å²) in [5.41, 5.74) is 1.52. The molecule has 1 aromatic rings. The minimum Gasteiger partial charge on any atom is -0.355 e. The van der Waals surface area contributed by atoms with Crippen LogP contribution in [0.15, 0.2) is 33.7 Å². The Morgan fingerprint density at radius 3 is 2.62 bits per heavy atom. The van der Waals surface area contributed by atoms with Crippen molar-refractivity contribution >= 4 is 51.8 Å². The number of aliphatic imine (C=N–C) groups is 1. The molecular weight excluding hydrogens is 507 g/mol. The highest BCUT2D eigenvalue weighted by Gasteiger charge is 2.44. The first kappa shape index (κ1) is 23.2. The van der Waals surface area contributed by atoms with Crippen molar-refractivity contribution in [1.29, 1.82) is 0 Å². The molecule has 1 aliphatic carbocycles. The van der Waals surface area contributed by atoms with Crippen LogP contribution in [0, 0.1) is 0 Å². The molecule has 0 aromatic heterocycles. The van der Waals surface area contributed by atoms with E-state index in [1.165, 1.54) is 18.4 Å². The van der Waals surface area contributed by atoms with Gasteiger partial charge in [0.15, 0.2) is 5.96 Å². The molecule has 1 fully saturated rings. The Kier molecular flexibility index (Phi) is 9.36. The molecule has 146 valence electrons. The van der Waals surface area contributed by atoms with Crippen LogP contribution in [0.5, 0.6) is 0 Å².